The van der Waals surface area contributed by atoms with E-state index in [4.69, 9.17) is 28.4 Å². The van der Waals surface area contributed by atoms with Gasteiger partial charge < -0.3 is 28.4 Å². The summed E-state index contributed by atoms with van der Waals surface area (Å²) < 4.78 is 33.1. The van der Waals surface area contributed by atoms with Crippen molar-refractivity contribution in [2.75, 3.05) is 33.5 Å². The Balaban J connectivity index is 1.10. The first kappa shape index (κ1) is 44.6. The molecule has 1 fully saturated rings. The summed E-state index contributed by atoms with van der Waals surface area (Å²) in [6.07, 6.45) is 3.47. The van der Waals surface area contributed by atoms with Crippen LogP contribution in [0.4, 0.5) is 0 Å². The van der Waals surface area contributed by atoms with Crippen LogP contribution < -0.4 is 9.47 Å². The average molecular weight is 822 g/mol. The first-order valence-corrected chi connectivity index (χ1v) is 20.0. The van der Waals surface area contributed by atoms with Gasteiger partial charge in [-0.05, 0) is 135 Å². The van der Waals surface area contributed by atoms with Gasteiger partial charge in [0.15, 0.2) is 0 Å². The number of hydrogen-bond acceptors (Lipinski definition) is 12. The Labute approximate surface area is 349 Å². The number of rotatable bonds is 22. The quantitative estimate of drug-likeness (QED) is 0.0249. The van der Waals surface area contributed by atoms with Gasteiger partial charge in [0, 0.05) is 18.2 Å². The Kier molecular flexibility index (Phi) is 16.0. The second-order valence-electron chi connectivity index (χ2n) is 14.7. The number of amides is 2. The molecule has 13 nitrogen and oxygen atoms in total. The lowest BCUT2D eigenvalue weighted by Crippen LogP contribution is -2.37. The second kappa shape index (κ2) is 21.5. The summed E-state index contributed by atoms with van der Waals surface area (Å²) in [4.78, 5) is 76.4. The van der Waals surface area contributed by atoms with E-state index in [1.165, 1.54) is 7.05 Å². The molecular weight excluding hydrogens is 771 g/mol. The maximum Gasteiger partial charge on any atom is 0.339 e. The Morgan fingerprint density at radius 3 is 1.25 bits per heavy atom. The Bertz CT molecular complexity index is 2100. The lowest BCUT2D eigenvalue weighted by Gasteiger charge is -2.17. The van der Waals surface area contributed by atoms with Gasteiger partial charge in [-0.1, -0.05) is 37.4 Å². The fraction of sp³-hybridized carbons (Fsp3) is 0.362. The van der Waals surface area contributed by atoms with Gasteiger partial charge in [-0.3, -0.25) is 14.5 Å². The second-order valence-corrected chi connectivity index (χ2v) is 14.7. The summed E-state index contributed by atoms with van der Waals surface area (Å²) in [6, 6.07) is 20.6. The Hall–Kier alpha value is -6.50. The van der Waals surface area contributed by atoms with Gasteiger partial charge in [-0.2, -0.15) is 0 Å². The van der Waals surface area contributed by atoms with Crippen molar-refractivity contribution in [1.29, 1.82) is 0 Å². The van der Waals surface area contributed by atoms with Gasteiger partial charge in [-0.15, -0.1) is 0 Å². The molecule has 0 radical (unpaired) electrons. The molecule has 1 saturated heterocycles. The molecule has 1 aliphatic heterocycles. The molecule has 0 aromatic heterocycles. The predicted octanol–water partition coefficient (Wildman–Crippen LogP) is 7.86. The van der Waals surface area contributed by atoms with Crippen LogP contribution in [0, 0.1) is 0 Å². The van der Waals surface area contributed by atoms with Crippen LogP contribution in [0.1, 0.15) is 85.9 Å². The number of benzene rings is 4. The minimum Gasteiger partial charge on any atom is -0.494 e. The molecule has 60 heavy (non-hydrogen) atoms. The fourth-order valence-corrected chi connectivity index (χ4v) is 6.29. The van der Waals surface area contributed by atoms with Gasteiger partial charge in [0.2, 0.25) is 12.2 Å². The summed E-state index contributed by atoms with van der Waals surface area (Å²) in [5.41, 5.74) is 1.05. The molecule has 4 aromatic rings. The van der Waals surface area contributed by atoms with E-state index in [1.807, 2.05) is 12.1 Å². The SMILES string of the molecule is C=C(C)C(=O)OCCCCCCOc1ccc2cc(C(=O)O[C@H]3C(=O)N(C)C(=O)[C@@H]3OC(=O)c3ccc4cc(OCCCCCCOC(=O)C(=C)C)ccc4c3)ccc2c1. The van der Waals surface area contributed by atoms with Crippen molar-refractivity contribution in [1.82, 2.24) is 4.90 Å². The maximum atomic E-state index is 13.3. The predicted molar refractivity (Wildman–Crippen MR) is 224 cm³/mol. The molecule has 0 aliphatic carbocycles. The number of likely N-dealkylation sites (tertiary alicyclic amines) is 1. The molecule has 316 valence electrons. The van der Waals surface area contributed by atoms with Crippen molar-refractivity contribution < 1.29 is 57.2 Å². The lowest BCUT2D eigenvalue weighted by atomic mass is 10.1. The summed E-state index contributed by atoms with van der Waals surface area (Å²) in [5.74, 6) is -2.77. The third-order valence-corrected chi connectivity index (χ3v) is 9.76. The molecule has 13 heteroatoms. The smallest absolute Gasteiger partial charge is 0.339 e. The highest BCUT2D eigenvalue weighted by molar-refractivity contribution is 6.10. The zero-order valence-corrected chi connectivity index (χ0v) is 34.3. The van der Waals surface area contributed by atoms with E-state index in [1.54, 1.807) is 74.5 Å². The van der Waals surface area contributed by atoms with Crippen molar-refractivity contribution in [3.63, 3.8) is 0 Å². The number of unbranched alkanes of at least 4 members (excludes halogenated alkanes) is 6. The minimum atomic E-state index is -1.67. The number of imide groups is 1. The van der Waals surface area contributed by atoms with E-state index < -0.39 is 36.0 Å². The summed E-state index contributed by atoms with van der Waals surface area (Å²) in [5, 5.41) is 3.06. The normalized spacial score (nSPS) is 14.8. The third-order valence-electron chi connectivity index (χ3n) is 9.76. The van der Waals surface area contributed by atoms with Gasteiger partial charge in [0.25, 0.3) is 11.8 Å². The largest absolute Gasteiger partial charge is 0.494 e. The van der Waals surface area contributed by atoms with E-state index in [2.05, 4.69) is 13.2 Å². The zero-order valence-electron chi connectivity index (χ0n) is 34.3. The van der Waals surface area contributed by atoms with Crippen LogP contribution in [-0.2, 0) is 38.1 Å². The summed E-state index contributed by atoms with van der Waals surface area (Å²) in [6.45, 7) is 12.1. The molecule has 0 spiro atoms. The molecule has 0 saturated carbocycles. The maximum absolute atomic E-state index is 13.3. The van der Waals surface area contributed by atoms with Gasteiger partial charge in [0.05, 0.1) is 37.6 Å². The standard InChI is InChI=1S/C47H51NO12/c1-30(2)44(51)57-24-12-8-6-10-22-55-38-20-18-32-26-36(16-14-34(32)28-38)46(53)59-40-41(43(50)48(5)42(40)49)60-47(54)37-17-15-35-29-39(21-19-33(35)27-37)56-23-11-7-9-13-25-58-45(52)31(3)4/h14-21,26-29,40-41H,1,3,6-13,22-25H2,2,4-5H3/t40-,41-/m1/s1. The summed E-state index contributed by atoms with van der Waals surface area (Å²) >= 11 is 0. The highest BCUT2D eigenvalue weighted by Gasteiger charge is 2.51. The van der Waals surface area contributed by atoms with Crippen molar-refractivity contribution in [3.8, 4) is 11.5 Å². The van der Waals surface area contributed by atoms with Crippen molar-refractivity contribution in [3.05, 3.63) is 108 Å². The highest BCUT2D eigenvalue weighted by Crippen LogP contribution is 2.27. The van der Waals surface area contributed by atoms with Crippen LogP contribution in [0.2, 0.25) is 0 Å². The van der Waals surface area contributed by atoms with Gasteiger partial charge >= 0.3 is 23.9 Å². The fourth-order valence-electron chi connectivity index (χ4n) is 6.29. The molecule has 1 aliphatic rings. The molecular formula is C47H51NO12. The van der Waals surface area contributed by atoms with E-state index in [-0.39, 0.29) is 23.1 Å². The first-order chi connectivity index (χ1) is 28.8. The van der Waals surface area contributed by atoms with Crippen LogP contribution in [0.15, 0.2) is 97.1 Å². The van der Waals surface area contributed by atoms with Crippen LogP contribution in [-0.4, -0.2) is 86.3 Å². The van der Waals surface area contributed by atoms with Crippen molar-refractivity contribution in [2.45, 2.75) is 77.4 Å². The lowest BCUT2D eigenvalue weighted by molar-refractivity contribution is -0.140. The monoisotopic (exact) mass is 821 g/mol. The number of nitrogens with zero attached hydrogens (tertiary/aromatic N) is 1. The molecule has 1 heterocycles. The molecule has 4 aromatic carbocycles. The molecule has 2 amide bonds. The number of hydrogen-bond donors (Lipinski definition) is 0. The third kappa shape index (κ3) is 12.3. The van der Waals surface area contributed by atoms with Crippen molar-refractivity contribution in [2.24, 2.45) is 0 Å². The van der Waals surface area contributed by atoms with Crippen LogP contribution in [0.3, 0.4) is 0 Å². The van der Waals surface area contributed by atoms with Crippen LogP contribution in [0.5, 0.6) is 11.5 Å². The number of likely N-dealkylation sites (N-methyl/N-ethyl adjacent to an activating group) is 1. The molecule has 2 atom stereocenters. The number of fused-ring (bicyclic) bond motifs is 2. The Morgan fingerprint density at radius 1 is 0.517 bits per heavy atom. The van der Waals surface area contributed by atoms with Crippen molar-refractivity contribution >= 4 is 57.2 Å². The van der Waals surface area contributed by atoms with E-state index >= 15 is 0 Å². The Morgan fingerprint density at radius 2 is 0.867 bits per heavy atom. The average Bonchev–Trinajstić information content (AvgIpc) is 3.43. The van der Waals surface area contributed by atoms with E-state index in [0.29, 0.717) is 49.1 Å². The topological polar surface area (TPSA) is 161 Å². The van der Waals surface area contributed by atoms with Crippen LogP contribution in [0.25, 0.3) is 21.5 Å². The summed E-state index contributed by atoms with van der Waals surface area (Å²) in [7, 11) is 1.24. The number of esters is 4. The number of carbonyl (C=O) groups excluding carboxylic acids is 6. The van der Waals surface area contributed by atoms with E-state index in [0.717, 1.165) is 77.8 Å². The molecule has 5 rings (SSSR count). The van der Waals surface area contributed by atoms with Crippen LogP contribution >= 0.6 is 0 Å². The first-order valence-electron chi connectivity index (χ1n) is 20.0. The number of carbonyl (C=O) groups is 6. The van der Waals surface area contributed by atoms with E-state index in [9.17, 15) is 28.8 Å². The molecule has 0 unspecified atom stereocenters. The highest BCUT2D eigenvalue weighted by atomic mass is 16.6. The number of ether oxygens (including phenoxy) is 6. The molecule has 0 N–H and O–H groups in total. The molecule has 0 bridgehead atoms. The van der Waals surface area contributed by atoms with Gasteiger partial charge in [-0.25, -0.2) is 19.2 Å². The van der Waals surface area contributed by atoms with Gasteiger partial charge in [0.1, 0.15) is 11.5 Å². The zero-order chi connectivity index (χ0) is 43.2. The minimum absolute atomic E-state index is 0.140.